The molecule has 2 N–H and O–H groups in total. The molecule has 0 aliphatic heterocycles. The first kappa shape index (κ1) is 8.10. The Morgan fingerprint density at radius 3 is 2.92 bits per heavy atom. The van der Waals surface area contributed by atoms with E-state index in [-0.39, 0.29) is 0 Å². The van der Waals surface area contributed by atoms with Crippen molar-refractivity contribution in [2.75, 3.05) is 5.73 Å². The SMILES string of the molecule is Nc1c(I)cncc1OC1CC1. The van der Waals surface area contributed by atoms with E-state index in [9.17, 15) is 0 Å². The highest BCUT2D eigenvalue weighted by Crippen LogP contribution is 2.31. The van der Waals surface area contributed by atoms with Crippen LogP contribution in [0, 0.1) is 3.57 Å². The van der Waals surface area contributed by atoms with Gasteiger partial charge < -0.3 is 10.5 Å². The van der Waals surface area contributed by atoms with Gasteiger partial charge >= 0.3 is 0 Å². The zero-order valence-electron chi connectivity index (χ0n) is 6.46. The van der Waals surface area contributed by atoms with Crippen molar-refractivity contribution in [1.29, 1.82) is 0 Å². The van der Waals surface area contributed by atoms with Gasteiger partial charge in [-0.25, -0.2) is 0 Å². The number of aromatic nitrogens is 1. The Bertz CT molecular complexity index is 299. The highest BCUT2D eigenvalue weighted by molar-refractivity contribution is 14.1. The lowest BCUT2D eigenvalue weighted by Crippen LogP contribution is -2.01. The molecule has 4 heteroatoms. The second-order valence-electron chi connectivity index (χ2n) is 2.85. The van der Waals surface area contributed by atoms with E-state index in [2.05, 4.69) is 27.6 Å². The number of anilines is 1. The Labute approximate surface area is 84.5 Å². The Kier molecular flexibility index (Phi) is 2.08. The third-order valence-corrected chi connectivity index (χ3v) is 2.58. The topological polar surface area (TPSA) is 48.1 Å². The van der Waals surface area contributed by atoms with Crippen LogP contribution in [0.2, 0.25) is 0 Å². The molecule has 0 atom stereocenters. The summed E-state index contributed by atoms with van der Waals surface area (Å²) in [5, 5.41) is 0. The summed E-state index contributed by atoms with van der Waals surface area (Å²) in [6.45, 7) is 0. The monoisotopic (exact) mass is 276 g/mol. The Morgan fingerprint density at radius 1 is 1.50 bits per heavy atom. The maximum atomic E-state index is 5.79. The quantitative estimate of drug-likeness (QED) is 0.838. The van der Waals surface area contributed by atoms with Crippen LogP contribution >= 0.6 is 22.6 Å². The first-order valence-corrected chi connectivity index (χ1v) is 4.91. The smallest absolute Gasteiger partial charge is 0.161 e. The van der Waals surface area contributed by atoms with Crippen LogP contribution < -0.4 is 10.5 Å². The summed E-state index contributed by atoms with van der Waals surface area (Å²) in [6.07, 6.45) is 6.08. The van der Waals surface area contributed by atoms with Crippen molar-refractivity contribution in [1.82, 2.24) is 4.98 Å². The number of rotatable bonds is 2. The van der Waals surface area contributed by atoms with Crippen LogP contribution in [0.25, 0.3) is 0 Å². The average molecular weight is 276 g/mol. The number of hydrogen-bond acceptors (Lipinski definition) is 3. The van der Waals surface area contributed by atoms with Crippen molar-refractivity contribution in [3.05, 3.63) is 16.0 Å². The maximum Gasteiger partial charge on any atom is 0.161 e. The van der Waals surface area contributed by atoms with Gasteiger partial charge in [-0.15, -0.1) is 0 Å². The van der Waals surface area contributed by atoms with E-state index in [1.165, 1.54) is 0 Å². The molecule has 0 radical (unpaired) electrons. The standard InChI is InChI=1S/C8H9IN2O/c9-6-3-11-4-7(8(6)10)12-5-1-2-5/h3-5H,1-2H2,(H2,10,11). The van der Waals surface area contributed by atoms with Crippen LogP contribution in [0.4, 0.5) is 5.69 Å². The lowest BCUT2D eigenvalue weighted by molar-refractivity contribution is 0.303. The van der Waals surface area contributed by atoms with Crippen LogP contribution in [-0.4, -0.2) is 11.1 Å². The van der Waals surface area contributed by atoms with Crippen LogP contribution in [0.1, 0.15) is 12.8 Å². The third-order valence-electron chi connectivity index (χ3n) is 1.72. The minimum atomic E-state index is 0.382. The zero-order chi connectivity index (χ0) is 8.55. The molecule has 1 saturated carbocycles. The number of pyridine rings is 1. The van der Waals surface area contributed by atoms with Gasteiger partial charge in [0.15, 0.2) is 5.75 Å². The molecule has 0 spiro atoms. The molecule has 1 aromatic rings. The minimum absolute atomic E-state index is 0.382. The molecule has 1 fully saturated rings. The fraction of sp³-hybridized carbons (Fsp3) is 0.375. The van der Waals surface area contributed by atoms with Crippen LogP contribution in [0.15, 0.2) is 12.4 Å². The van der Waals surface area contributed by atoms with Gasteiger partial charge in [-0.3, -0.25) is 4.98 Å². The number of nitrogens with zero attached hydrogens (tertiary/aromatic N) is 1. The lowest BCUT2D eigenvalue weighted by Gasteiger charge is -2.07. The number of halogens is 1. The summed E-state index contributed by atoms with van der Waals surface area (Å²) in [7, 11) is 0. The largest absolute Gasteiger partial charge is 0.487 e. The predicted octanol–water partition coefficient (Wildman–Crippen LogP) is 1.81. The van der Waals surface area contributed by atoms with Gasteiger partial charge in [-0.05, 0) is 35.4 Å². The molecule has 64 valence electrons. The molecule has 1 aliphatic rings. The van der Waals surface area contributed by atoms with Gasteiger partial charge in [0.05, 0.1) is 21.6 Å². The van der Waals surface area contributed by atoms with E-state index < -0.39 is 0 Å². The van der Waals surface area contributed by atoms with Crippen molar-refractivity contribution in [3.8, 4) is 5.75 Å². The van der Waals surface area contributed by atoms with E-state index in [0.29, 0.717) is 11.8 Å². The second kappa shape index (κ2) is 3.08. The molecule has 0 saturated heterocycles. The van der Waals surface area contributed by atoms with Crippen LogP contribution in [0.3, 0.4) is 0 Å². The summed E-state index contributed by atoms with van der Waals surface area (Å²) in [5.41, 5.74) is 6.49. The molecule has 0 aromatic carbocycles. The molecule has 0 bridgehead atoms. The predicted molar refractivity (Wildman–Crippen MR) is 55.0 cm³/mol. The van der Waals surface area contributed by atoms with Crippen molar-refractivity contribution in [2.24, 2.45) is 0 Å². The van der Waals surface area contributed by atoms with Gasteiger partial charge in [0.1, 0.15) is 0 Å². The maximum absolute atomic E-state index is 5.79. The molecule has 0 unspecified atom stereocenters. The molecule has 12 heavy (non-hydrogen) atoms. The Morgan fingerprint density at radius 2 is 2.25 bits per heavy atom. The molecule has 1 heterocycles. The van der Waals surface area contributed by atoms with Gasteiger partial charge in [0.2, 0.25) is 0 Å². The van der Waals surface area contributed by atoms with Gasteiger partial charge in [0, 0.05) is 6.20 Å². The van der Waals surface area contributed by atoms with Crippen LogP contribution in [-0.2, 0) is 0 Å². The first-order valence-electron chi connectivity index (χ1n) is 3.83. The fourth-order valence-corrected chi connectivity index (χ4v) is 1.31. The molecular formula is C8H9IN2O. The number of nitrogen functional groups attached to an aromatic ring is 1. The molecular weight excluding hydrogens is 267 g/mol. The Balaban J connectivity index is 2.23. The van der Waals surface area contributed by atoms with E-state index >= 15 is 0 Å². The molecule has 3 nitrogen and oxygen atoms in total. The lowest BCUT2D eigenvalue weighted by atomic mass is 10.4. The van der Waals surface area contributed by atoms with Crippen molar-refractivity contribution < 1.29 is 4.74 Å². The van der Waals surface area contributed by atoms with E-state index in [0.717, 1.165) is 22.2 Å². The van der Waals surface area contributed by atoms with Crippen molar-refractivity contribution >= 4 is 28.3 Å². The fourth-order valence-electron chi connectivity index (χ4n) is 0.887. The van der Waals surface area contributed by atoms with E-state index in [1.54, 1.807) is 12.4 Å². The average Bonchev–Trinajstić information content (AvgIpc) is 2.83. The summed E-state index contributed by atoms with van der Waals surface area (Å²) >= 11 is 2.15. The molecule has 1 aromatic heterocycles. The normalized spacial score (nSPS) is 16.1. The first-order chi connectivity index (χ1) is 5.77. The van der Waals surface area contributed by atoms with Gasteiger partial charge in [-0.1, -0.05) is 0 Å². The number of nitrogens with two attached hydrogens (primary N) is 1. The summed E-state index contributed by atoms with van der Waals surface area (Å²) in [4.78, 5) is 4.01. The highest BCUT2D eigenvalue weighted by Gasteiger charge is 2.24. The number of hydrogen-bond donors (Lipinski definition) is 1. The molecule has 2 rings (SSSR count). The Hall–Kier alpha value is -0.520. The molecule has 0 amide bonds. The summed E-state index contributed by atoms with van der Waals surface area (Å²) in [6, 6.07) is 0. The van der Waals surface area contributed by atoms with E-state index in [4.69, 9.17) is 10.5 Å². The minimum Gasteiger partial charge on any atom is -0.487 e. The van der Waals surface area contributed by atoms with Crippen molar-refractivity contribution in [3.63, 3.8) is 0 Å². The van der Waals surface area contributed by atoms with Gasteiger partial charge in [0.25, 0.3) is 0 Å². The molecule has 1 aliphatic carbocycles. The third kappa shape index (κ3) is 1.63. The van der Waals surface area contributed by atoms with E-state index in [1.807, 2.05) is 0 Å². The van der Waals surface area contributed by atoms with Crippen LogP contribution in [0.5, 0.6) is 5.75 Å². The summed E-state index contributed by atoms with van der Waals surface area (Å²) < 4.78 is 6.49. The highest BCUT2D eigenvalue weighted by atomic mass is 127. The second-order valence-corrected chi connectivity index (χ2v) is 4.01. The van der Waals surface area contributed by atoms with Gasteiger partial charge in [-0.2, -0.15) is 0 Å². The zero-order valence-corrected chi connectivity index (χ0v) is 8.61. The number of ether oxygens (including phenoxy) is 1. The van der Waals surface area contributed by atoms with Crippen molar-refractivity contribution in [2.45, 2.75) is 18.9 Å². The summed E-state index contributed by atoms with van der Waals surface area (Å²) in [5.74, 6) is 0.726.